The zero-order valence-electron chi connectivity index (χ0n) is 9.32. The van der Waals surface area contributed by atoms with Gasteiger partial charge in [0.05, 0.1) is 12.5 Å². The molecule has 0 aromatic heterocycles. The number of carbonyl (C=O) groups is 2. The van der Waals surface area contributed by atoms with Crippen LogP contribution < -0.4 is 11.1 Å². The Labute approximate surface area is 90.0 Å². The molecule has 0 unspecified atom stereocenters. The molecule has 1 saturated heterocycles. The Morgan fingerprint density at radius 3 is 2.53 bits per heavy atom. The average Bonchev–Trinajstić information content (AvgIpc) is 2.59. The molecule has 5 nitrogen and oxygen atoms in total. The van der Waals surface area contributed by atoms with E-state index in [4.69, 9.17) is 5.73 Å². The second-order valence-corrected chi connectivity index (χ2v) is 4.06. The number of likely N-dealkylation sites (N-methyl/N-ethyl adjacent to an activating group) is 1. The van der Waals surface area contributed by atoms with E-state index in [1.807, 2.05) is 13.8 Å². The molecule has 0 aromatic rings. The van der Waals surface area contributed by atoms with Gasteiger partial charge in [0.2, 0.25) is 11.8 Å². The van der Waals surface area contributed by atoms with Crippen LogP contribution >= 0.6 is 0 Å². The van der Waals surface area contributed by atoms with Crippen LogP contribution in [0.5, 0.6) is 0 Å². The molecule has 86 valence electrons. The van der Waals surface area contributed by atoms with Gasteiger partial charge in [-0.1, -0.05) is 6.92 Å². The standard InChI is InChI=1S/C10H19N3O2/c1-3-13(6-9(11)14)10(15)8-5-12-4-7(8)2/h7-8,12H,3-6H2,1-2H3,(H2,11,14)/t7-,8-/m1/s1. The van der Waals surface area contributed by atoms with Gasteiger partial charge in [0.15, 0.2) is 0 Å². The van der Waals surface area contributed by atoms with Gasteiger partial charge in [-0.3, -0.25) is 9.59 Å². The lowest BCUT2D eigenvalue weighted by Gasteiger charge is -2.24. The molecular formula is C10H19N3O2. The van der Waals surface area contributed by atoms with Gasteiger partial charge in [0.25, 0.3) is 0 Å². The van der Waals surface area contributed by atoms with Gasteiger partial charge < -0.3 is 16.0 Å². The van der Waals surface area contributed by atoms with Crippen LogP contribution in [0.15, 0.2) is 0 Å². The topological polar surface area (TPSA) is 75.4 Å². The molecule has 0 saturated carbocycles. The minimum absolute atomic E-state index is 0.00991. The summed E-state index contributed by atoms with van der Waals surface area (Å²) in [6, 6.07) is 0. The highest BCUT2D eigenvalue weighted by atomic mass is 16.2. The van der Waals surface area contributed by atoms with Gasteiger partial charge in [-0.2, -0.15) is 0 Å². The minimum atomic E-state index is -0.455. The maximum absolute atomic E-state index is 12.0. The predicted octanol–water partition coefficient (Wildman–Crippen LogP) is -0.824. The Morgan fingerprint density at radius 2 is 2.13 bits per heavy atom. The quantitative estimate of drug-likeness (QED) is 0.640. The molecule has 15 heavy (non-hydrogen) atoms. The summed E-state index contributed by atoms with van der Waals surface area (Å²) < 4.78 is 0. The summed E-state index contributed by atoms with van der Waals surface area (Å²) in [4.78, 5) is 24.3. The lowest BCUT2D eigenvalue weighted by Crippen LogP contribution is -2.43. The van der Waals surface area contributed by atoms with E-state index in [9.17, 15) is 9.59 Å². The van der Waals surface area contributed by atoms with Crippen molar-refractivity contribution in [3.63, 3.8) is 0 Å². The first-order chi connectivity index (χ1) is 7.06. The van der Waals surface area contributed by atoms with Crippen molar-refractivity contribution in [1.29, 1.82) is 0 Å². The van der Waals surface area contributed by atoms with Crippen LogP contribution in [-0.2, 0) is 9.59 Å². The molecule has 1 rings (SSSR count). The highest BCUT2D eigenvalue weighted by molar-refractivity contribution is 5.85. The molecule has 1 aliphatic heterocycles. The number of nitrogens with one attached hydrogen (secondary N) is 1. The molecule has 2 amide bonds. The van der Waals surface area contributed by atoms with Gasteiger partial charge >= 0.3 is 0 Å². The minimum Gasteiger partial charge on any atom is -0.368 e. The Bertz CT molecular complexity index is 255. The monoisotopic (exact) mass is 213 g/mol. The summed E-state index contributed by atoms with van der Waals surface area (Å²) >= 11 is 0. The summed E-state index contributed by atoms with van der Waals surface area (Å²) in [6.07, 6.45) is 0. The highest BCUT2D eigenvalue weighted by Gasteiger charge is 2.32. The average molecular weight is 213 g/mol. The zero-order chi connectivity index (χ0) is 11.4. The van der Waals surface area contributed by atoms with Crippen molar-refractivity contribution in [2.45, 2.75) is 13.8 Å². The number of carbonyl (C=O) groups excluding carboxylic acids is 2. The van der Waals surface area contributed by atoms with Crippen LogP contribution in [0.4, 0.5) is 0 Å². The molecular weight excluding hydrogens is 194 g/mol. The van der Waals surface area contributed by atoms with Crippen LogP contribution in [0.25, 0.3) is 0 Å². The molecule has 0 aliphatic carbocycles. The summed E-state index contributed by atoms with van der Waals surface area (Å²) in [6.45, 7) is 6.03. The van der Waals surface area contributed by atoms with E-state index in [1.54, 1.807) is 0 Å². The third kappa shape index (κ3) is 2.92. The fourth-order valence-electron chi connectivity index (χ4n) is 1.91. The Balaban J connectivity index is 2.59. The number of amides is 2. The van der Waals surface area contributed by atoms with E-state index in [2.05, 4.69) is 5.32 Å². The molecule has 3 N–H and O–H groups in total. The largest absolute Gasteiger partial charge is 0.368 e. The van der Waals surface area contributed by atoms with E-state index in [1.165, 1.54) is 4.90 Å². The second-order valence-electron chi connectivity index (χ2n) is 4.06. The number of rotatable bonds is 4. The second kappa shape index (κ2) is 5.11. The van der Waals surface area contributed by atoms with Crippen molar-refractivity contribution in [1.82, 2.24) is 10.2 Å². The summed E-state index contributed by atoms with van der Waals surface area (Å²) in [5.74, 6) is -0.0960. The lowest BCUT2D eigenvalue weighted by molar-refractivity contribution is -0.138. The lowest BCUT2D eigenvalue weighted by atomic mass is 9.96. The maximum Gasteiger partial charge on any atom is 0.237 e. The number of hydrogen-bond acceptors (Lipinski definition) is 3. The first-order valence-electron chi connectivity index (χ1n) is 5.34. The fraction of sp³-hybridized carbons (Fsp3) is 0.800. The molecule has 1 aliphatic rings. The van der Waals surface area contributed by atoms with Crippen molar-refractivity contribution >= 4 is 11.8 Å². The van der Waals surface area contributed by atoms with Crippen molar-refractivity contribution in [2.75, 3.05) is 26.2 Å². The van der Waals surface area contributed by atoms with E-state index < -0.39 is 5.91 Å². The van der Waals surface area contributed by atoms with Gasteiger partial charge in [0, 0.05) is 13.1 Å². The van der Waals surface area contributed by atoms with Crippen LogP contribution in [0.3, 0.4) is 0 Å². The molecule has 2 atom stereocenters. The summed E-state index contributed by atoms with van der Waals surface area (Å²) in [5, 5.41) is 3.17. The highest BCUT2D eigenvalue weighted by Crippen LogP contribution is 2.18. The zero-order valence-corrected chi connectivity index (χ0v) is 9.32. The third-order valence-corrected chi connectivity index (χ3v) is 2.87. The van der Waals surface area contributed by atoms with Gasteiger partial charge in [0.1, 0.15) is 0 Å². The molecule has 0 aromatic carbocycles. The third-order valence-electron chi connectivity index (χ3n) is 2.87. The van der Waals surface area contributed by atoms with E-state index in [-0.39, 0.29) is 18.4 Å². The van der Waals surface area contributed by atoms with Gasteiger partial charge in [-0.05, 0) is 19.4 Å². The Hall–Kier alpha value is -1.10. The van der Waals surface area contributed by atoms with E-state index in [0.717, 1.165) is 6.54 Å². The smallest absolute Gasteiger partial charge is 0.237 e. The molecule has 1 heterocycles. The SMILES string of the molecule is CCN(CC(N)=O)C(=O)[C@@H]1CNC[C@H]1C. The summed E-state index contributed by atoms with van der Waals surface area (Å²) in [7, 11) is 0. The van der Waals surface area contributed by atoms with Crippen molar-refractivity contribution < 1.29 is 9.59 Å². The van der Waals surface area contributed by atoms with Crippen LogP contribution in [-0.4, -0.2) is 42.9 Å². The van der Waals surface area contributed by atoms with E-state index in [0.29, 0.717) is 19.0 Å². The van der Waals surface area contributed by atoms with Crippen LogP contribution in [0.2, 0.25) is 0 Å². The van der Waals surface area contributed by atoms with E-state index >= 15 is 0 Å². The Morgan fingerprint density at radius 1 is 1.47 bits per heavy atom. The molecule has 0 spiro atoms. The number of primary amides is 1. The number of hydrogen-bond donors (Lipinski definition) is 2. The van der Waals surface area contributed by atoms with Gasteiger partial charge in [-0.25, -0.2) is 0 Å². The Kier molecular flexibility index (Phi) is 4.08. The van der Waals surface area contributed by atoms with Crippen LogP contribution in [0, 0.1) is 11.8 Å². The number of nitrogens with zero attached hydrogens (tertiary/aromatic N) is 1. The molecule has 1 fully saturated rings. The number of nitrogens with two attached hydrogens (primary N) is 1. The normalized spacial score (nSPS) is 25.2. The predicted molar refractivity (Wildman–Crippen MR) is 57.0 cm³/mol. The van der Waals surface area contributed by atoms with Crippen molar-refractivity contribution in [3.05, 3.63) is 0 Å². The summed E-state index contributed by atoms with van der Waals surface area (Å²) in [5.41, 5.74) is 5.09. The molecule has 0 radical (unpaired) electrons. The first-order valence-corrected chi connectivity index (χ1v) is 5.34. The van der Waals surface area contributed by atoms with Crippen molar-refractivity contribution in [2.24, 2.45) is 17.6 Å². The first kappa shape index (κ1) is 12.0. The maximum atomic E-state index is 12.0. The molecule has 0 bridgehead atoms. The van der Waals surface area contributed by atoms with Gasteiger partial charge in [-0.15, -0.1) is 0 Å². The van der Waals surface area contributed by atoms with Crippen molar-refractivity contribution in [3.8, 4) is 0 Å². The molecule has 5 heteroatoms. The van der Waals surface area contributed by atoms with Crippen LogP contribution in [0.1, 0.15) is 13.8 Å². The fourth-order valence-corrected chi connectivity index (χ4v) is 1.91.